The van der Waals surface area contributed by atoms with E-state index in [2.05, 4.69) is 51.2 Å². The Hall–Kier alpha value is -7.39. The van der Waals surface area contributed by atoms with Gasteiger partial charge in [-0.15, -0.1) is 0 Å². The fourth-order valence-corrected chi connectivity index (χ4v) is 10.5. The van der Waals surface area contributed by atoms with E-state index in [0.717, 1.165) is 42.2 Å². The van der Waals surface area contributed by atoms with Crippen LogP contribution in [0.3, 0.4) is 0 Å². The molecular formula is C48H50N12O7S2. The maximum atomic E-state index is 13.8. The number of furan rings is 1. The van der Waals surface area contributed by atoms with Crippen LogP contribution in [0.5, 0.6) is 0 Å². The highest BCUT2D eigenvalue weighted by Gasteiger charge is 2.44. The number of hydrogen-bond donors (Lipinski definition) is 6. The molecule has 0 bridgehead atoms. The van der Waals surface area contributed by atoms with Gasteiger partial charge in [0.2, 0.25) is 11.8 Å². The molecule has 356 valence electrons. The third kappa shape index (κ3) is 9.06. The fourth-order valence-electron chi connectivity index (χ4n) is 8.77. The van der Waals surface area contributed by atoms with Gasteiger partial charge in [0.1, 0.15) is 45.8 Å². The van der Waals surface area contributed by atoms with E-state index in [1.807, 2.05) is 38.4 Å². The smallest absolute Gasteiger partial charge is 0.229 e. The highest BCUT2D eigenvalue weighted by molar-refractivity contribution is 7.91. The van der Waals surface area contributed by atoms with Crippen molar-refractivity contribution < 1.29 is 30.8 Å². The largest absolute Gasteiger partial charge is 0.461 e. The zero-order valence-electron chi connectivity index (χ0n) is 39.1. The summed E-state index contributed by atoms with van der Waals surface area (Å²) in [7, 11) is -7.50. The van der Waals surface area contributed by atoms with Gasteiger partial charge < -0.3 is 35.7 Å². The van der Waals surface area contributed by atoms with Crippen molar-refractivity contribution >= 4 is 88.2 Å². The molecule has 2 aliphatic carbocycles. The summed E-state index contributed by atoms with van der Waals surface area (Å²) in [6.07, 6.45) is 4.56. The third-order valence-corrected chi connectivity index (χ3v) is 14.9. The van der Waals surface area contributed by atoms with Gasteiger partial charge in [0.25, 0.3) is 0 Å². The number of anilines is 6. The molecule has 2 fully saturated rings. The molecule has 21 heteroatoms. The second kappa shape index (κ2) is 16.7. The van der Waals surface area contributed by atoms with Crippen LogP contribution in [-0.4, -0.2) is 80.8 Å². The lowest BCUT2D eigenvalue weighted by molar-refractivity contribution is -0.118. The fraction of sp³-hybridized carbons (Fsp3) is 0.312. The first-order chi connectivity index (χ1) is 32.7. The zero-order chi connectivity index (χ0) is 48.8. The number of sulfone groups is 2. The number of nitrogens with one attached hydrogen (secondary N) is 6. The summed E-state index contributed by atoms with van der Waals surface area (Å²) < 4.78 is 60.8. The van der Waals surface area contributed by atoms with E-state index in [0.29, 0.717) is 104 Å². The van der Waals surface area contributed by atoms with Crippen LogP contribution in [0.25, 0.3) is 44.9 Å². The van der Waals surface area contributed by atoms with E-state index in [1.54, 1.807) is 62.4 Å². The number of imidazole rings is 2. The van der Waals surface area contributed by atoms with Gasteiger partial charge in [-0.3, -0.25) is 14.3 Å². The molecule has 69 heavy (non-hydrogen) atoms. The number of carbonyl (C=O) groups excluding carboxylic acids is 2. The first kappa shape index (κ1) is 45.4. The van der Waals surface area contributed by atoms with Crippen LogP contribution in [0.2, 0.25) is 0 Å². The number of carbonyl (C=O) groups is 2. The minimum atomic E-state index is -3.78. The molecule has 2 saturated carbocycles. The Bertz CT molecular complexity index is 3680. The van der Waals surface area contributed by atoms with E-state index >= 15 is 0 Å². The number of aryl methyl sites for hydroxylation is 4. The van der Waals surface area contributed by atoms with Crippen molar-refractivity contribution in [3.63, 3.8) is 0 Å². The molecule has 8 aromatic rings. The van der Waals surface area contributed by atoms with Crippen LogP contribution in [0, 0.1) is 59.3 Å². The summed E-state index contributed by atoms with van der Waals surface area (Å²) in [4.78, 5) is 51.1. The second-order valence-corrected chi connectivity index (χ2v) is 22.3. The molecule has 19 nitrogen and oxygen atoms in total. The molecule has 6 heterocycles. The van der Waals surface area contributed by atoms with Gasteiger partial charge in [-0.05, 0) is 114 Å². The first-order valence-electron chi connectivity index (χ1n) is 22.4. The maximum absolute atomic E-state index is 13.8. The SMILES string of the molecule is Cc1nc2c(Nc3ccc(-c4nn(CC5CC5C(=O)Nc5cc(Nc6ccc(-c7oc(C)cc7C)cc6S(C)(=O)=O)c6nc(C)[nH]c6n5)c(C)c4C)cc3S(C)(=O)=O)cc(NC(=O)C3CC3)nc2[nH]1. The molecule has 2 atom stereocenters. The number of fused-ring (bicyclic) bond motifs is 2. The van der Waals surface area contributed by atoms with E-state index < -0.39 is 19.7 Å². The van der Waals surface area contributed by atoms with Crippen molar-refractivity contribution in [1.29, 1.82) is 0 Å². The molecule has 0 radical (unpaired) electrons. The average Bonchev–Trinajstić information content (AvgIpc) is 4.14. The predicted octanol–water partition coefficient (Wildman–Crippen LogP) is 8.12. The summed E-state index contributed by atoms with van der Waals surface area (Å²) in [6.45, 7) is 11.6. The molecule has 2 aliphatic rings. The number of nitrogens with zero attached hydrogens (tertiary/aromatic N) is 6. The van der Waals surface area contributed by atoms with Crippen LogP contribution in [0.4, 0.5) is 34.4 Å². The molecular weight excluding hydrogens is 921 g/mol. The second-order valence-electron chi connectivity index (χ2n) is 18.3. The number of pyridine rings is 2. The van der Waals surface area contributed by atoms with Crippen molar-refractivity contribution in [2.24, 2.45) is 17.8 Å². The van der Waals surface area contributed by atoms with E-state index in [-0.39, 0.29) is 45.2 Å². The molecule has 2 unspecified atom stereocenters. The standard InChI is InChI=1S/C48H50N12O7S2/c1-22-15-23(2)67-44(22)30-12-14-34(38(18-30)69(8,65)66)54-36-20-40(56-46-43(36)50-27(6)52-46)58-48(62)32-16-31(32)21-60-25(4)24(3)41(59-60)29-11-13-33(37(17-29)68(7,63)64)53-35-19-39(57-47(61)28-9-10-28)55-45-42(35)49-26(5)51-45/h11-15,17-20,28,31-32H,9-10,16,21H2,1-8H3,(H3,49,51,53,55,57,61)(H3,50,52,54,56,58,62). The van der Waals surface area contributed by atoms with Crippen molar-refractivity contribution in [2.75, 3.05) is 33.8 Å². The van der Waals surface area contributed by atoms with Crippen molar-refractivity contribution in [3.05, 3.63) is 88.8 Å². The number of hydrogen-bond acceptors (Lipinski definition) is 14. The van der Waals surface area contributed by atoms with Crippen LogP contribution in [0.1, 0.15) is 53.5 Å². The Kier molecular flexibility index (Phi) is 11.0. The van der Waals surface area contributed by atoms with Crippen LogP contribution in [-0.2, 0) is 35.8 Å². The third-order valence-electron chi connectivity index (χ3n) is 12.6. The molecule has 6 aromatic heterocycles. The van der Waals surface area contributed by atoms with E-state index in [1.165, 1.54) is 0 Å². The molecule has 10 rings (SSSR count). The molecule has 2 aromatic carbocycles. The number of amides is 2. The Balaban J connectivity index is 0.865. The summed E-state index contributed by atoms with van der Waals surface area (Å²) in [5.74, 6) is 2.31. The quantitative estimate of drug-likeness (QED) is 0.0601. The monoisotopic (exact) mass is 970 g/mol. The Morgan fingerprint density at radius 2 is 1.23 bits per heavy atom. The topological polar surface area (TPSA) is 265 Å². The van der Waals surface area contributed by atoms with Crippen LogP contribution in [0.15, 0.2) is 68.8 Å². The number of H-pyrrole nitrogens is 2. The lowest BCUT2D eigenvalue weighted by Gasteiger charge is -2.14. The van der Waals surface area contributed by atoms with Gasteiger partial charge in [-0.2, -0.15) is 5.10 Å². The lowest BCUT2D eigenvalue weighted by Crippen LogP contribution is -2.17. The molecule has 0 saturated heterocycles. The normalized spacial score (nSPS) is 16.0. The van der Waals surface area contributed by atoms with Gasteiger partial charge in [-0.25, -0.2) is 36.8 Å². The van der Waals surface area contributed by atoms with Gasteiger partial charge in [-0.1, -0.05) is 6.07 Å². The van der Waals surface area contributed by atoms with Crippen LogP contribution < -0.4 is 21.3 Å². The summed E-state index contributed by atoms with van der Waals surface area (Å²) in [5.41, 5.74) is 7.81. The van der Waals surface area contributed by atoms with Gasteiger partial charge >= 0.3 is 0 Å². The lowest BCUT2D eigenvalue weighted by atomic mass is 10.1. The minimum absolute atomic E-state index is 0.0380. The van der Waals surface area contributed by atoms with Gasteiger partial charge in [0.15, 0.2) is 31.0 Å². The molecule has 0 spiro atoms. The number of aromatic nitrogens is 8. The highest BCUT2D eigenvalue weighted by Crippen LogP contribution is 2.43. The van der Waals surface area contributed by atoms with Crippen LogP contribution >= 0.6 is 0 Å². The van der Waals surface area contributed by atoms with Crippen molar-refractivity contribution in [2.45, 2.75) is 77.1 Å². The van der Waals surface area contributed by atoms with Crippen molar-refractivity contribution in [3.8, 4) is 22.6 Å². The zero-order valence-corrected chi connectivity index (χ0v) is 40.7. The average molecular weight is 971 g/mol. The van der Waals surface area contributed by atoms with Gasteiger partial charge in [0.05, 0.1) is 38.2 Å². The predicted molar refractivity (Wildman–Crippen MR) is 262 cm³/mol. The number of aromatic amines is 2. The molecule has 6 N–H and O–H groups in total. The highest BCUT2D eigenvalue weighted by atomic mass is 32.2. The molecule has 2 amide bonds. The maximum Gasteiger partial charge on any atom is 0.229 e. The van der Waals surface area contributed by atoms with Crippen molar-refractivity contribution in [1.82, 2.24) is 39.7 Å². The van der Waals surface area contributed by atoms with E-state index in [4.69, 9.17) is 9.52 Å². The Morgan fingerprint density at radius 3 is 1.75 bits per heavy atom. The Morgan fingerprint density at radius 1 is 0.696 bits per heavy atom. The Labute approximate surface area is 397 Å². The number of rotatable bonds is 14. The molecule has 0 aliphatic heterocycles. The van der Waals surface area contributed by atoms with Gasteiger partial charge in [0, 0.05) is 59.8 Å². The summed E-state index contributed by atoms with van der Waals surface area (Å²) in [6, 6.07) is 15.3. The summed E-state index contributed by atoms with van der Waals surface area (Å²) >= 11 is 0. The summed E-state index contributed by atoms with van der Waals surface area (Å²) in [5, 5.41) is 17.3. The number of benzene rings is 2. The minimum Gasteiger partial charge on any atom is -0.461 e. The van der Waals surface area contributed by atoms with E-state index in [9.17, 15) is 26.4 Å². The first-order valence-corrected chi connectivity index (χ1v) is 26.2.